The fourth-order valence-corrected chi connectivity index (χ4v) is 4.26. The molecule has 1 aromatic rings. The van der Waals surface area contributed by atoms with E-state index < -0.39 is 0 Å². The Morgan fingerprint density at radius 3 is 2.62 bits per heavy atom. The number of piperidine rings is 2. The largest absolute Gasteiger partial charge is 0.357 e. The van der Waals surface area contributed by atoms with Gasteiger partial charge in [0.05, 0.1) is 0 Å². The summed E-state index contributed by atoms with van der Waals surface area (Å²) in [6.07, 6.45) is 8.40. The van der Waals surface area contributed by atoms with Crippen molar-refractivity contribution in [2.45, 2.75) is 45.4 Å². The van der Waals surface area contributed by atoms with Crippen molar-refractivity contribution in [1.82, 2.24) is 15.2 Å². The summed E-state index contributed by atoms with van der Waals surface area (Å²) >= 11 is 0. The van der Waals surface area contributed by atoms with Crippen LogP contribution in [0.25, 0.3) is 0 Å². The van der Waals surface area contributed by atoms with E-state index in [0.29, 0.717) is 11.8 Å². The van der Waals surface area contributed by atoms with Crippen LogP contribution < -0.4 is 10.2 Å². The summed E-state index contributed by atoms with van der Waals surface area (Å²) in [6.45, 7) is 8.20. The van der Waals surface area contributed by atoms with E-state index in [1.165, 1.54) is 12.8 Å². The first-order chi connectivity index (χ1) is 12.8. The van der Waals surface area contributed by atoms with Crippen LogP contribution in [0.4, 0.5) is 5.82 Å². The predicted molar refractivity (Wildman–Crippen MR) is 106 cm³/mol. The Bertz CT molecular complexity index is 536. The highest BCUT2D eigenvalue weighted by molar-refractivity contribution is 5.76. The summed E-state index contributed by atoms with van der Waals surface area (Å²) in [5.74, 6) is 2.80. The van der Waals surface area contributed by atoms with E-state index in [0.717, 1.165) is 76.7 Å². The molecule has 0 saturated carbocycles. The average Bonchev–Trinajstić information content (AvgIpc) is 2.72. The van der Waals surface area contributed by atoms with Gasteiger partial charge in [0.15, 0.2) is 0 Å². The molecule has 3 heterocycles. The van der Waals surface area contributed by atoms with Crippen molar-refractivity contribution in [1.29, 1.82) is 0 Å². The van der Waals surface area contributed by atoms with E-state index in [2.05, 4.69) is 33.1 Å². The van der Waals surface area contributed by atoms with Crippen LogP contribution in [0.5, 0.6) is 0 Å². The van der Waals surface area contributed by atoms with E-state index in [1.807, 2.05) is 18.3 Å². The van der Waals surface area contributed by atoms with Crippen LogP contribution in [0.1, 0.15) is 45.4 Å². The summed E-state index contributed by atoms with van der Waals surface area (Å²) in [4.78, 5) is 21.6. The molecule has 5 heteroatoms. The van der Waals surface area contributed by atoms with E-state index in [4.69, 9.17) is 0 Å². The fourth-order valence-electron chi connectivity index (χ4n) is 4.26. The van der Waals surface area contributed by atoms with Gasteiger partial charge in [-0.15, -0.1) is 0 Å². The number of amides is 1. The Hall–Kier alpha value is -1.62. The van der Waals surface area contributed by atoms with Gasteiger partial charge < -0.3 is 15.1 Å². The van der Waals surface area contributed by atoms with Crippen LogP contribution in [0.3, 0.4) is 0 Å². The van der Waals surface area contributed by atoms with Crippen molar-refractivity contribution in [3.8, 4) is 0 Å². The van der Waals surface area contributed by atoms with Gasteiger partial charge in [-0.2, -0.15) is 0 Å². The Balaban J connectivity index is 1.41. The van der Waals surface area contributed by atoms with Crippen LogP contribution in [-0.4, -0.2) is 55.1 Å². The molecule has 2 aliphatic rings. The van der Waals surface area contributed by atoms with Gasteiger partial charge in [0.2, 0.25) is 5.91 Å². The van der Waals surface area contributed by atoms with E-state index in [9.17, 15) is 4.79 Å². The van der Waals surface area contributed by atoms with Gasteiger partial charge in [0, 0.05) is 38.8 Å². The summed E-state index contributed by atoms with van der Waals surface area (Å²) in [6, 6.07) is 6.10. The highest BCUT2D eigenvalue weighted by atomic mass is 16.2. The monoisotopic (exact) mass is 358 g/mol. The molecule has 1 N–H and O–H groups in total. The molecule has 0 unspecified atom stereocenters. The molecule has 144 valence electrons. The number of carbonyl (C=O) groups is 1. The van der Waals surface area contributed by atoms with Gasteiger partial charge in [0.1, 0.15) is 5.82 Å². The molecule has 0 spiro atoms. The Morgan fingerprint density at radius 2 is 1.96 bits per heavy atom. The highest BCUT2D eigenvalue weighted by Crippen LogP contribution is 2.23. The Labute approximate surface area is 158 Å². The molecule has 0 atom stereocenters. The lowest BCUT2D eigenvalue weighted by molar-refractivity contribution is -0.132. The number of hydrogen-bond donors (Lipinski definition) is 1. The zero-order valence-corrected chi connectivity index (χ0v) is 16.2. The second-order valence-electron chi connectivity index (χ2n) is 7.78. The van der Waals surface area contributed by atoms with Crippen LogP contribution >= 0.6 is 0 Å². The van der Waals surface area contributed by atoms with Crippen LogP contribution in [0, 0.1) is 11.8 Å². The van der Waals surface area contributed by atoms with Gasteiger partial charge >= 0.3 is 0 Å². The smallest absolute Gasteiger partial charge is 0.222 e. The molecule has 2 fully saturated rings. The summed E-state index contributed by atoms with van der Waals surface area (Å²) in [5.41, 5.74) is 0. The summed E-state index contributed by atoms with van der Waals surface area (Å²) < 4.78 is 0. The van der Waals surface area contributed by atoms with Crippen molar-refractivity contribution in [2.24, 2.45) is 11.8 Å². The second-order valence-corrected chi connectivity index (χ2v) is 7.78. The fraction of sp³-hybridized carbons (Fsp3) is 0.714. The first-order valence-corrected chi connectivity index (χ1v) is 10.4. The molecule has 1 aromatic heterocycles. The van der Waals surface area contributed by atoms with Gasteiger partial charge in [0.25, 0.3) is 0 Å². The molecule has 2 saturated heterocycles. The third-order valence-corrected chi connectivity index (χ3v) is 6.03. The maximum Gasteiger partial charge on any atom is 0.222 e. The summed E-state index contributed by atoms with van der Waals surface area (Å²) in [5, 5.41) is 3.40. The SMILES string of the molecule is CCN(CC1CCN(c2ccccn2)CC1)C(=O)CCC1CCNCC1. The highest BCUT2D eigenvalue weighted by Gasteiger charge is 2.24. The molecule has 0 aromatic carbocycles. The normalized spacial score (nSPS) is 19.5. The number of aromatic nitrogens is 1. The third-order valence-electron chi connectivity index (χ3n) is 6.03. The molecular weight excluding hydrogens is 324 g/mol. The number of hydrogen-bond acceptors (Lipinski definition) is 4. The van der Waals surface area contributed by atoms with Crippen molar-refractivity contribution in [2.75, 3.05) is 44.2 Å². The Kier molecular flexibility index (Phi) is 7.30. The first-order valence-electron chi connectivity index (χ1n) is 10.4. The van der Waals surface area contributed by atoms with Crippen molar-refractivity contribution >= 4 is 11.7 Å². The minimum Gasteiger partial charge on any atom is -0.357 e. The topological polar surface area (TPSA) is 48.5 Å². The molecule has 0 aliphatic carbocycles. The molecule has 2 aliphatic heterocycles. The van der Waals surface area contributed by atoms with Crippen molar-refractivity contribution in [3.05, 3.63) is 24.4 Å². The lowest BCUT2D eigenvalue weighted by atomic mass is 9.92. The lowest BCUT2D eigenvalue weighted by Crippen LogP contribution is -2.41. The van der Waals surface area contributed by atoms with E-state index in [-0.39, 0.29) is 0 Å². The van der Waals surface area contributed by atoms with Crippen molar-refractivity contribution in [3.63, 3.8) is 0 Å². The van der Waals surface area contributed by atoms with Crippen molar-refractivity contribution < 1.29 is 4.79 Å². The summed E-state index contributed by atoms with van der Waals surface area (Å²) in [7, 11) is 0. The molecule has 0 bridgehead atoms. The molecule has 1 amide bonds. The standard InChI is InChI=1S/C21H34N4O/c1-2-24(21(26)7-6-18-8-13-22-14-9-18)17-19-10-15-25(16-11-19)20-5-3-4-12-23-20/h3-5,12,18-19,22H,2,6-11,13-17H2,1H3. The molecule has 0 radical (unpaired) electrons. The number of nitrogens with one attached hydrogen (secondary N) is 1. The first kappa shape index (κ1) is 19.2. The van der Waals surface area contributed by atoms with Gasteiger partial charge in [-0.1, -0.05) is 6.07 Å². The Morgan fingerprint density at radius 1 is 1.19 bits per heavy atom. The number of nitrogens with zero attached hydrogens (tertiary/aromatic N) is 3. The lowest BCUT2D eigenvalue weighted by Gasteiger charge is -2.35. The minimum absolute atomic E-state index is 0.359. The molecule has 26 heavy (non-hydrogen) atoms. The zero-order valence-electron chi connectivity index (χ0n) is 16.2. The van der Waals surface area contributed by atoms with Crippen LogP contribution in [0.2, 0.25) is 0 Å². The molecular formula is C21H34N4O. The van der Waals surface area contributed by atoms with Crippen LogP contribution in [0.15, 0.2) is 24.4 Å². The number of pyridine rings is 1. The molecule has 3 rings (SSSR count). The van der Waals surface area contributed by atoms with E-state index >= 15 is 0 Å². The van der Waals surface area contributed by atoms with E-state index in [1.54, 1.807) is 0 Å². The quantitative estimate of drug-likeness (QED) is 0.814. The van der Waals surface area contributed by atoms with Gasteiger partial charge in [-0.25, -0.2) is 4.98 Å². The second kappa shape index (κ2) is 9.91. The number of anilines is 1. The maximum atomic E-state index is 12.7. The third kappa shape index (κ3) is 5.44. The van der Waals surface area contributed by atoms with Gasteiger partial charge in [-0.3, -0.25) is 4.79 Å². The number of rotatable bonds is 7. The maximum absolute atomic E-state index is 12.7. The zero-order chi connectivity index (χ0) is 18.2. The van der Waals surface area contributed by atoms with Crippen LogP contribution in [-0.2, 0) is 4.79 Å². The van der Waals surface area contributed by atoms with Gasteiger partial charge in [-0.05, 0) is 76.1 Å². The predicted octanol–water partition coefficient (Wildman–Crippen LogP) is 2.93. The minimum atomic E-state index is 0.359. The molecule has 5 nitrogen and oxygen atoms in total. The number of carbonyl (C=O) groups excluding carboxylic acids is 1. The average molecular weight is 359 g/mol.